The minimum Gasteiger partial charge on any atom is -0.444 e. The van der Waals surface area contributed by atoms with Gasteiger partial charge in [-0.1, -0.05) is 6.07 Å². The summed E-state index contributed by atoms with van der Waals surface area (Å²) in [6, 6.07) is 5.42. The Morgan fingerprint density at radius 2 is 2.00 bits per heavy atom. The summed E-state index contributed by atoms with van der Waals surface area (Å²) in [5.74, 6) is 0. The van der Waals surface area contributed by atoms with Gasteiger partial charge < -0.3 is 9.64 Å². The van der Waals surface area contributed by atoms with Gasteiger partial charge >= 0.3 is 6.09 Å². The van der Waals surface area contributed by atoms with Crippen LogP contribution in [0.4, 0.5) is 4.79 Å². The van der Waals surface area contributed by atoms with Crippen LogP contribution in [0.1, 0.15) is 33.6 Å². The van der Waals surface area contributed by atoms with Crippen molar-refractivity contribution in [2.45, 2.75) is 49.5 Å². The fourth-order valence-electron chi connectivity index (χ4n) is 2.25. The Kier molecular flexibility index (Phi) is 5.60. The van der Waals surface area contributed by atoms with Gasteiger partial charge in [-0.05, 0) is 61.7 Å². The molecule has 1 aromatic rings. The maximum atomic E-state index is 12.6. The third-order valence-electron chi connectivity index (χ3n) is 3.29. The van der Waals surface area contributed by atoms with Crippen molar-refractivity contribution in [1.29, 1.82) is 0 Å². The van der Waals surface area contributed by atoms with Gasteiger partial charge in [0, 0.05) is 18.3 Å². The van der Waals surface area contributed by atoms with E-state index in [1.807, 2.05) is 32.9 Å². The fraction of sp³-hybridized carbons (Fsp3) is 0.600. The molecule has 7 heteroatoms. The number of hydrogen-bond donors (Lipinski definition) is 0. The minimum absolute atomic E-state index is 0.0282. The van der Waals surface area contributed by atoms with Crippen molar-refractivity contribution in [1.82, 2.24) is 9.88 Å². The van der Waals surface area contributed by atoms with E-state index >= 15 is 0 Å². The van der Waals surface area contributed by atoms with E-state index in [-0.39, 0.29) is 11.3 Å². The van der Waals surface area contributed by atoms with Crippen molar-refractivity contribution in [3.8, 4) is 0 Å². The number of carbonyl (C=O) groups is 1. The normalized spacial score (nSPS) is 18.1. The maximum Gasteiger partial charge on any atom is 0.410 e. The second-order valence-corrected chi connectivity index (χ2v) is 8.75. The summed E-state index contributed by atoms with van der Waals surface area (Å²) >= 11 is 3.30. The molecule has 0 N–H and O–H groups in total. The number of rotatable bonds is 2. The molecule has 0 aliphatic carbocycles. The van der Waals surface area contributed by atoms with E-state index in [0.29, 0.717) is 35.6 Å². The summed E-state index contributed by atoms with van der Waals surface area (Å²) < 4.78 is 18.6. The first-order chi connectivity index (χ1) is 10.3. The molecule has 1 atom stereocenters. The minimum atomic E-state index is -1.15. The van der Waals surface area contributed by atoms with Crippen LogP contribution in [0.2, 0.25) is 0 Å². The number of halogens is 1. The number of nitrogens with zero attached hydrogens (tertiary/aromatic N) is 2. The number of aromatic nitrogens is 1. The summed E-state index contributed by atoms with van der Waals surface area (Å²) in [5.41, 5.74) is -0.489. The van der Waals surface area contributed by atoms with Crippen LogP contribution >= 0.6 is 15.9 Å². The van der Waals surface area contributed by atoms with E-state index in [1.165, 1.54) is 0 Å². The average molecular weight is 389 g/mol. The number of piperidine rings is 1. The maximum absolute atomic E-state index is 12.6. The van der Waals surface area contributed by atoms with Crippen molar-refractivity contribution in [3.63, 3.8) is 0 Å². The van der Waals surface area contributed by atoms with Crippen LogP contribution in [0.5, 0.6) is 0 Å². The highest BCUT2D eigenvalue weighted by Crippen LogP contribution is 2.22. The summed E-state index contributed by atoms with van der Waals surface area (Å²) in [7, 11) is -1.15. The van der Waals surface area contributed by atoms with E-state index in [2.05, 4.69) is 20.9 Å². The number of hydrogen-bond acceptors (Lipinski definition) is 4. The second kappa shape index (κ2) is 7.08. The second-order valence-electron chi connectivity index (χ2n) is 6.26. The topological polar surface area (TPSA) is 59.5 Å². The van der Waals surface area contributed by atoms with Gasteiger partial charge in [0.1, 0.15) is 15.2 Å². The van der Waals surface area contributed by atoms with Gasteiger partial charge in [0.05, 0.1) is 10.8 Å². The Labute approximate surface area is 142 Å². The molecule has 2 heterocycles. The standard InChI is InChI=1S/C15H21BrN2O3S/c1-15(2,3)21-14(19)18-9-7-11(8-10-18)22(20)13-6-4-5-12(16)17-13/h4-6,11H,7-10H2,1-3H3. The molecule has 0 aromatic carbocycles. The largest absolute Gasteiger partial charge is 0.444 e. The number of pyridine rings is 1. The molecular weight excluding hydrogens is 368 g/mol. The van der Waals surface area contributed by atoms with Gasteiger partial charge in [-0.25, -0.2) is 9.78 Å². The molecule has 1 aromatic heterocycles. The molecule has 1 saturated heterocycles. The van der Waals surface area contributed by atoms with Crippen LogP contribution in [0.15, 0.2) is 27.8 Å². The molecule has 1 fully saturated rings. The van der Waals surface area contributed by atoms with Crippen molar-refractivity contribution in [2.75, 3.05) is 13.1 Å². The lowest BCUT2D eigenvalue weighted by molar-refractivity contribution is 0.0218. The summed E-state index contributed by atoms with van der Waals surface area (Å²) in [4.78, 5) is 18.0. The van der Waals surface area contributed by atoms with E-state index < -0.39 is 16.4 Å². The van der Waals surface area contributed by atoms with Gasteiger partial charge in [0.25, 0.3) is 0 Å². The molecule has 0 radical (unpaired) electrons. The van der Waals surface area contributed by atoms with Gasteiger partial charge in [0.15, 0.2) is 0 Å². The zero-order valence-corrected chi connectivity index (χ0v) is 15.4. The lowest BCUT2D eigenvalue weighted by Crippen LogP contribution is -2.43. The molecule has 1 aliphatic heterocycles. The lowest BCUT2D eigenvalue weighted by atomic mass is 10.1. The van der Waals surface area contributed by atoms with Crippen molar-refractivity contribution in [2.24, 2.45) is 0 Å². The number of carbonyl (C=O) groups excluding carboxylic acids is 1. The molecule has 22 heavy (non-hydrogen) atoms. The average Bonchev–Trinajstić information content (AvgIpc) is 2.45. The summed E-state index contributed by atoms with van der Waals surface area (Å²) in [6.45, 7) is 6.70. The van der Waals surface area contributed by atoms with Crippen LogP contribution < -0.4 is 0 Å². The number of likely N-dealkylation sites (tertiary alicyclic amines) is 1. The van der Waals surface area contributed by atoms with Crippen molar-refractivity contribution < 1.29 is 13.7 Å². The van der Waals surface area contributed by atoms with Crippen LogP contribution in [0.25, 0.3) is 0 Å². The molecule has 1 unspecified atom stereocenters. The SMILES string of the molecule is CC(C)(C)OC(=O)N1CCC(S(=O)c2cccc(Br)n2)CC1. The third-order valence-corrected chi connectivity index (χ3v) is 5.45. The molecule has 0 spiro atoms. The molecular formula is C15H21BrN2O3S. The zero-order valence-electron chi connectivity index (χ0n) is 13.0. The third kappa shape index (κ3) is 4.78. The quantitative estimate of drug-likeness (QED) is 0.728. The molecule has 0 bridgehead atoms. The highest BCUT2D eigenvalue weighted by atomic mass is 79.9. The molecule has 122 valence electrons. The van der Waals surface area contributed by atoms with E-state index in [4.69, 9.17) is 4.74 Å². The molecule has 0 saturated carbocycles. The number of amides is 1. The predicted molar refractivity (Wildman–Crippen MR) is 89.2 cm³/mol. The molecule has 1 amide bonds. The monoisotopic (exact) mass is 388 g/mol. The van der Waals surface area contributed by atoms with E-state index in [9.17, 15) is 9.00 Å². The van der Waals surface area contributed by atoms with Gasteiger partial charge in [-0.15, -0.1) is 0 Å². The first kappa shape index (κ1) is 17.4. The smallest absolute Gasteiger partial charge is 0.410 e. The highest BCUT2D eigenvalue weighted by Gasteiger charge is 2.30. The first-order valence-corrected chi connectivity index (χ1v) is 9.28. The predicted octanol–water partition coefficient (Wildman–Crippen LogP) is 3.35. The van der Waals surface area contributed by atoms with Crippen LogP contribution in [-0.4, -0.2) is 44.1 Å². The Morgan fingerprint density at radius 1 is 1.36 bits per heavy atom. The molecule has 5 nitrogen and oxygen atoms in total. The Balaban J connectivity index is 1.92. The van der Waals surface area contributed by atoms with Crippen molar-refractivity contribution in [3.05, 3.63) is 22.8 Å². The van der Waals surface area contributed by atoms with Crippen LogP contribution in [-0.2, 0) is 15.5 Å². The Bertz CT molecular complexity index is 566. The highest BCUT2D eigenvalue weighted by molar-refractivity contribution is 9.10. The van der Waals surface area contributed by atoms with Crippen LogP contribution in [0, 0.1) is 0 Å². The van der Waals surface area contributed by atoms with Gasteiger partial charge in [-0.3, -0.25) is 4.21 Å². The van der Waals surface area contributed by atoms with E-state index in [0.717, 1.165) is 0 Å². The Morgan fingerprint density at radius 3 is 2.55 bits per heavy atom. The van der Waals surface area contributed by atoms with Gasteiger partial charge in [0.2, 0.25) is 0 Å². The zero-order chi connectivity index (χ0) is 16.3. The lowest BCUT2D eigenvalue weighted by Gasteiger charge is -2.32. The number of ether oxygens (including phenoxy) is 1. The Hall–Kier alpha value is -0.950. The summed E-state index contributed by atoms with van der Waals surface area (Å²) in [6.07, 6.45) is 1.09. The van der Waals surface area contributed by atoms with E-state index in [1.54, 1.807) is 11.0 Å². The fourth-order valence-corrected chi connectivity index (χ4v) is 4.09. The summed E-state index contributed by atoms with van der Waals surface area (Å²) in [5, 5.41) is 0.616. The van der Waals surface area contributed by atoms with Crippen molar-refractivity contribution >= 4 is 32.8 Å². The molecule has 1 aliphatic rings. The first-order valence-electron chi connectivity index (χ1n) is 7.27. The van der Waals surface area contributed by atoms with Gasteiger partial charge in [-0.2, -0.15) is 0 Å². The van der Waals surface area contributed by atoms with Crippen LogP contribution in [0.3, 0.4) is 0 Å². The molecule has 2 rings (SSSR count).